The second-order valence-corrected chi connectivity index (χ2v) is 6.54. The Morgan fingerprint density at radius 2 is 2.18 bits per heavy atom. The van der Waals surface area contributed by atoms with Crippen LogP contribution in [0.15, 0.2) is 24.3 Å². The maximum absolute atomic E-state index is 12.2. The van der Waals surface area contributed by atoms with Crippen LogP contribution in [0.5, 0.6) is 0 Å². The minimum Gasteiger partial charge on any atom is -0.480 e. The molecule has 0 saturated carbocycles. The molecule has 0 aliphatic carbocycles. The van der Waals surface area contributed by atoms with Crippen LogP contribution in [0.3, 0.4) is 0 Å². The van der Waals surface area contributed by atoms with Gasteiger partial charge in [-0.2, -0.15) is 11.8 Å². The Kier molecular flexibility index (Phi) is 5.71. The van der Waals surface area contributed by atoms with Crippen molar-refractivity contribution in [1.29, 1.82) is 0 Å². The van der Waals surface area contributed by atoms with Gasteiger partial charge in [0, 0.05) is 11.7 Å². The first-order chi connectivity index (χ1) is 10.5. The van der Waals surface area contributed by atoms with E-state index in [-0.39, 0.29) is 18.5 Å². The van der Waals surface area contributed by atoms with E-state index in [9.17, 15) is 14.7 Å². The molecule has 0 saturated heterocycles. The lowest BCUT2D eigenvalue weighted by Crippen LogP contribution is -2.47. The number of nitrogens with zero attached hydrogens (tertiary/aromatic N) is 1. The van der Waals surface area contributed by atoms with Crippen molar-refractivity contribution in [3.63, 3.8) is 0 Å². The average Bonchev–Trinajstić information content (AvgIpc) is 2.79. The zero-order chi connectivity index (χ0) is 16.1. The van der Waals surface area contributed by atoms with Gasteiger partial charge >= 0.3 is 5.97 Å². The molecule has 2 N–H and O–H groups in total. The molecule has 0 spiro atoms. The van der Waals surface area contributed by atoms with E-state index in [1.807, 2.05) is 29.4 Å². The molecule has 0 radical (unpaired) electrons. The van der Waals surface area contributed by atoms with Gasteiger partial charge in [-0.05, 0) is 43.4 Å². The van der Waals surface area contributed by atoms with Gasteiger partial charge in [0.05, 0.1) is 6.54 Å². The number of carbonyl (C=O) groups excluding carboxylic acids is 1. The third-order valence-electron chi connectivity index (χ3n) is 3.91. The van der Waals surface area contributed by atoms with Crippen LogP contribution in [0.4, 0.5) is 5.69 Å². The average molecular weight is 322 g/mol. The molecule has 6 heteroatoms. The van der Waals surface area contributed by atoms with Crippen molar-refractivity contribution < 1.29 is 14.7 Å². The van der Waals surface area contributed by atoms with E-state index in [4.69, 9.17) is 0 Å². The summed E-state index contributed by atoms with van der Waals surface area (Å²) in [5, 5.41) is 11.8. The number of hydrogen-bond donors (Lipinski definition) is 2. The SMILES string of the molecule is CSCCC(NC(=O)CN1c2ccccc2CC1C)C(=O)O. The van der Waals surface area contributed by atoms with Crippen LogP contribution in [0.2, 0.25) is 0 Å². The van der Waals surface area contributed by atoms with E-state index < -0.39 is 12.0 Å². The Morgan fingerprint density at radius 1 is 1.45 bits per heavy atom. The number of thioether (sulfide) groups is 1. The summed E-state index contributed by atoms with van der Waals surface area (Å²) in [6.07, 6.45) is 3.27. The zero-order valence-corrected chi connectivity index (χ0v) is 13.7. The third-order valence-corrected chi connectivity index (χ3v) is 4.55. The smallest absolute Gasteiger partial charge is 0.326 e. The van der Waals surface area contributed by atoms with Crippen LogP contribution in [-0.4, -0.2) is 47.6 Å². The lowest BCUT2D eigenvalue weighted by molar-refractivity contribution is -0.141. The van der Waals surface area contributed by atoms with Gasteiger partial charge in [-0.15, -0.1) is 0 Å². The maximum Gasteiger partial charge on any atom is 0.326 e. The zero-order valence-electron chi connectivity index (χ0n) is 12.9. The third kappa shape index (κ3) is 3.94. The molecular weight excluding hydrogens is 300 g/mol. The standard InChI is InChI=1S/C16H22N2O3S/c1-11-9-12-5-3-4-6-14(12)18(11)10-15(19)17-13(16(20)21)7-8-22-2/h3-6,11,13H,7-10H2,1-2H3,(H,17,19)(H,20,21). The van der Waals surface area contributed by atoms with Crippen LogP contribution >= 0.6 is 11.8 Å². The van der Waals surface area contributed by atoms with Crippen molar-refractivity contribution in [1.82, 2.24) is 5.32 Å². The monoisotopic (exact) mass is 322 g/mol. The van der Waals surface area contributed by atoms with Crippen LogP contribution in [0.25, 0.3) is 0 Å². The highest BCUT2D eigenvalue weighted by atomic mass is 32.2. The molecule has 120 valence electrons. The molecule has 1 aliphatic heterocycles. The van der Waals surface area contributed by atoms with Gasteiger partial charge in [0.25, 0.3) is 0 Å². The molecule has 1 aromatic carbocycles. The van der Waals surface area contributed by atoms with Gasteiger partial charge in [-0.25, -0.2) is 4.79 Å². The number of benzene rings is 1. The van der Waals surface area contributed by atoms with Crippen molar-refractivity contribution >= 4 is 29.3 Å². The molecule has 2 unspecified atom stereocenters. The number of amides is 1. The van der Waals surface area contributed by atoms with Crippen molar-refractivity contribution in [3.05, 3.63) is 29.8 Å². The lowest BCUT2D eigenvalue weighted by atomic mass is 10.1. The predicted octanol–water partition coefficient (Wildman–Crippen LogP) is 1.76. The van der Waals surface area contributed by atoms with E-state index in [1.54, 1.807) is 11.8 Å². The van der Waals surface area contributed by atoms with Crippen LogP contribution in [0.1, 0.15) is 18.9 Å². The highest BCUT2D eigenvalue weighted by Crippen LogP contribution is 2.31. The normalized spacial score (nSPS) is 17.9. The Bertz CT molecular complexity index is 550. The van der Waals surface area contributed by atoms with Crippen molar-refractivity contribution in [2.75, 3.05) is 23.5 Å². The van der Waals surface area contributed by atoms with Gasteiger partial charge in [0.2, 0.25) is 5.91 Å². The first-order valence-corrected chi connectivity index (χ1v) is 8.78. The summed E-state index contributed by atoms with van der Waals surface area (Å²) in [6, 6.07) is 7.47. The van der Waals surface area contributed by atoms with Gasteiger partial charge in [-0.1, -0.05) is 18.2 Å². The number of carbonyl (C=O) groups is 2. The highest BCUT2D eigenvalue weighted by molar-refractivity contribution is 7.98. The Morgan fingerprint density at radius 3 is 2.86 bits per heavy atom. The molecule has 1 amide bonds. The van der Waals surface area contributed by atoms with Gasteiger partial charge < -0.3 is 15.3 Å². The molecule has 1 aliphatic rings. The topological polar surface area (TPSA) is 69.6 Å². The molecule has 0 aromatic heterocycles. The minimum absolute atomic E-state index is 0.196. The number of aliphatic carboxylic acids is 1. The summed E-state index contributed by atoms with van der Waals surface area (Å²) in [7, 11) is 0. The number of hydrogen-bond acceptors (Lipinski definition) is 4. The number of fused-ring (bicyclic) bond motifs is 1. The van der Waals surface area contributed by atoms with Gasteiger partial charge in [0.15, 0.2) is 0 Å². The first-order valence-electron chi connectivity index (χ1n) is 7.38. The Labute approximate surface area is 135 Å². The molecule has 2 rings (SSSR count). The highest BCUT2D eigenvalue weighted by Gasteiger charge is 2.28. The molecule has 22 heavy (non-hydrogen) atoms. The van der Waals surface area contributed by atoms with Crippen LogP contribution in [0, 0.1) is 0 Å². The summed E-state index contributed by atoms with van der Waals surface area (Å²) in [4.78, 5) is 25.5. The van der Waals surface area contributed by atoms with Gasteiger partial charge in [-0.3, -0.25) is 4.79 Å². The maximum atomic E-state index is 12.2. The summed E-state index contributed by atoms with van der Waals surface area (Å²) in [5.74, 6) is -0.505. The quantitative estimate of drug-likeness (QED) is 0.800. The summed E-state index contributed by atoms with van der Waals surface area (Å²) in [5.41, 5.74) is 2.31. The summed E-state index contributed by atoms with van der Waals surface area (Å²) >= 11 is 1.57. The summed E-state index contributed by atoms with van der Waals surface area (Å²) in [6.45, 7) is 2.27. The van der Waals surface area contributed by atoms with Crippen LogP contribution in [-0.2, 0) is 16.0 Å². The van der Waals surface area contributed by atoms with Crippen molar-refractivity contribution in [3.8, 4) is 0 Å². The fraction of sp³-hybridized carbons (Fsp3) is 0.500. The molecule has 0 bridgehead atoms. The lowest BCUT2D eigenvalue weighted by Gasteiger charge is -2.25. The largest absolute Gasteiger partial charge is 0.480 e. The van der Waals surface area contributed by atoms with Crippen molar-refractivity contribution in [2.45, 2.75) is 31.8 Å². The second kappa shape index (κ2) is 7.54. The molecular formula is C16H22N2O3S. The fourth-order valence-corrected chi connectivity index (χ4v) is 3.23. The molecule has 1 heterocycles. The fourth-order valence-electron chi connectivity index (χ4n) is 2.76. The predicted molar refractivity (Wildman–Crippen MR) is 89.5 cm³/mol. The van der Waals surface area contributed by atoms with Gasteiger partial charge in [0.1, 0.15) is 6.04 Å². The minimum atomic E-state index is -0.975. The second-order valence-electron chi connectivity index (χ2n) is 5.55. The van der Waals surface area contributed by atoms with E-state index in [1.165, 1.54) is 5.56 Å². The number of carboxylic acids is 1. The number of nitrogens with one attached hydrogen (secondary N) is 1. The molecule has 2 atom stereocenters. The molecule has 1 aromatic rings. The Hall–Kier alpha value is -1.69. The van der Waals surface area contributed by atoms with Crippen LogP contribution < -0.4 is 10.2 Å². The van der Waals surface area contributed by atoms with E-state index >= 15 is 0 Å². The molecule has 0 fully saturated rings. The van der Waals surface area contributed by atoms with E-state index in [0.717, 1.165) is 12.1 Å². The Balaban J connectivity index is 1.98. The number of carboxylic acid groups (broad SMARTS) is 1. The number of rotatable bonds is 7. The van der Waals surface area contributed by atoms with E-state index in [2.05, 4.69) is 18.3 Å². The van der Waals surface area contributed by atoms with E-state index in [0.29, 0.717) is 12.2 Å². The van der Waals surface area contributed by atoms with Crippen molar-refractivity contribution in [2.24, 2.45) is 0 Å². The first kappa shape index (κ1) is 16.7. The number of anilines is 1. The summed E-state index contributed by atoms with van der Waals surface area (Å²) < 4.78 is 0. The number of para-hydroxylation sites is 1. The molecule has 5 nitrogen and oxygen atoms in total.